The van der Waals surface area contributed by atoms with Gasteiger partial charge < -0.3 is 15.4 Å². The molecule has 0 aliphatic carbocycles. The summed E-state index contributed by atoms with van der Waals surface area (Å²) in [6.45, 7) is 5.41. The van der Waals surface area contributed by atoms with Crippen LogP contribution < -0.4 is 10.5 Å². The average Bonchev–Trinajstić information content (AvgIpc) is 2.24. The normalized spacial score (nSPS) is 12.9. The van der Waals surface area contributed by atoms with Crippen LogP contribution in [0.3, 0.4) is 0 Å². The molecular weight excluding hydrogens is 200 g/mol. The molecule has 1 aromatic rings. The Morgan fingerprint density at radius 1 is 1.31 bits per heavy atom. The molecule has 1 unspecified atom stereocenters. The average molecular weight is 222 g/mol. The number of ether oxygens (including phenoxy) is 1. The van der Waals surface area contributed by atoms with Gasteiger partial charge in [0.05, 0.1) is 6.04 Å². The molecule has 0 aliphatic rings. The molecule has 3 nitrogen and oxygen atoms in total. The van der Waals surface area contributed by atoms with Gasteiger partial charge in [-0.25, -0.2) is 0 Å². The van der Waals surface area contributed by atoms with Gasteiger partial charge in [-0.2, -0.15) is 0 Å². The van der Waals surface area contributed by atoms with Crippen molar-refractivity contribution in [2.75, 3.05) is 27.2 Å². The number of rotatable bonds is 5. The third kappa shape index (κ3) is 3.22. The SMILES string of the molecule is Cc1cccc(OCC(CN)N(C)C)c1C. The van der Waals surface area contributed by atoms with Crippen LogP contribution in [0.25, 0.3) is 0 Å². The van der Waals surface area contributed by atoms with E-state index in [1.54, 1.807) is 0 Å². The highest BCUT2D eigenvalue weighted by Gasteiger charge is 2.10. The summed E-state index contributed by atoms with van der Waals surface area (Å²) in [7, 11) is 4.04. The Morgan fingerprint density at radius 2 is 2.00 bits per heavy atom. The highest BCUT2D eigenvalue weighted by Crippen LogP contribution is 2.20. The van der Waals surface area contributed by atoms with Crippen molar-refractivity contribution in [2.24, 2.45) is 5.73 Å². The standard InChI is InChI=1S/C13H22N2O/c1-10-6-5-7-13(11(10)2)16-9-12(8-14)15(3)4/h5-7,12H,8-9,14H2,1-4H3. The Kier molecular flexibility index (Phi) is 4.77. The van der Waals surface area contributed by atoms with E-state index in [-0.39, 0.29) is 6.04 Å². The lowest BCUT2D eigenvalue weighted by atomic mass is 10.1. The lowest BCUT2D eigenvalue weighted by molar-refractivity contribution is 0.189. The Bertz CT molecular complexity index is 337. The summed E-state index contributed by atoms with van der Waals surface area (Å²) >= 11 is 0. The summed E-state index contributed by atoms with van der Waals surface area (Å²) in [5.74, 6) is 0.959. The summed E-state index contributed by atoms with van der Waals surface area (Å²) in [6.07, 6.45) is 0. The molecule has 0 heterocycles. The Balaban J connectivity index is 2.64. The number of nitrogens with two attached hydrogens (primary N) is 1. The predicted molar refractivity (Wildman–Crippen MR) is 67.9 cm³/mol. The largest absolute Gasteiger partial charge is 0.492 e. The third-order valence-corrected chi connectivity index (χ3v) is 2.99. The maximum absolute atomic E-state index is 5.81. The Hall–Kier alpha value is -1.06. The fourth-order valence-electron chi connectivity index (χ4n) is 1.49. The van der Waals surface area contributed by atoms with Gasteiger partial charge in [0.1, 0.15) is 12.4 Å². The van der Waals surface area contributed by atoms with E-state index in [4.69, 9.17) is 10.5 Å². The fraction of sp³-hybridized carbons (Fsp3) is 0.538. The number of likely N-dealkylation sites (N-methyl/N-ethyl adjacent to an activating group) is 1. The van der Waals surface area contributed by atoms with Gasteiger partial charge in [-0.15, -0.1) is 0 Å². The van der Waals surface area contributed by atoms with Crippen LogP contribution in [0.15, 0.2) is 18.2 Å². The third-order valence-electron chi connectivity index (χ3n) is 2.99. The second-order valence-corrected chi connectivity index (χ2v) is 4.36. The maximum Gasteiger partial charge on any atom is 0.122 e. The minimum Gasteiger partial charge on any atom is -0.492 e. The van der Waals surface area contributed by atoms with Crippen LogP contribution in [0.5, 0.6) is 5.75 Å². The first-order chi connectivity index (χ1) is 7.56. The van der Waals surface area contributed by atoms with Gasteiger partial charge in [0.15, 0.2) is 0 Å². The van der Waals surface area contributed by atoms with Crippen molar-refractivity contribution in [3.8, 4) is 5.75 Å². The molecule has 1 rings (SSSR count). The van der Waals surface area contributed by atoms with E-state index in [1.165, 1.54) is 11.1 Å². The molecule has 0 radical (unpaired) electrons. The monoisotopic (exact) mass is 222 g/mol. The van der Waals surface area contributed by atoms with E-state index in [1.807, 2.05) is 26.2 Å². The molecule has 2 N–H and O–H groups in total. The van der Waals surface area contributed by atoms with E-state index in [2.05, 4.69) is 24.8 Å². The Labute approximate surface area is 98.2 Å². The molecule has 1 aromatic carbocycles. The van der Waals surface area contributed by atoms with E-state index in [0.29, 0.717) is 13.2 Å². The highest BCUT2D eigenvalue weighted by molar-refractivity contribution is 5.38. The van der Waals surface area contributed by atoms with Gasteiger partial charge in [-0.05, 0) is 45.1 Å². The van der Waals surface area contributed by atoms with Crippen molar-refractivity contribution in [1.29, 1.82) is 0 Å². The molecule has 1 atom stereocenters. The molecule has 3 heteroatoms. The number of nitrogens with zero attached hydrogens (tertiary/aromatic N) is 1. The van der Waals surface area contributed by atoms with Gasteiger partial charge in [0.25, 0.3) is 0 Å². The highest BCUT2D eigenvalue weighted by atomic mass is 16.5. The van der Waals surface area contributed by atoms with Crippen LogP contribution in [0.1, 0.15) is 11.1 Å². The number of hydrogen-bond acceptors (Lipinski definition) is 3. The van der Waals surface area contributed by atoms with E-state index in [9.17, 15) is 0 Å². The molecule has 0 saturated carbocycles. The zero-order valence-corrected chi connectivity index (χ0v) is 10.7. The molecule has 0 spiro atoms. The van der Waals surface area contributed by atoms with Gasteiger partial charge in [0.2, 0.25) is 0 Å². The fourth-order valence-corrected chi connectivity index (χ4v) is 1.49. The summed E-state index contributed by atoms with van der Waals surface area (Å²) in [5, 5.41) is 0. The van der Waals surface area contributed by atoms with Gasteiger partial charge >= 0.3 is 0 Å². The number of benzene rings is 1. The minimum absolute atomic E-state index is 0.264. The summed E-state index contributed by atoms with van der Waals surface area (Å²) in [5.41, 5.74) is 8.15. The van der Waals surface area contributed by atoms with Crippen LogP contribution in [0.4, 0.5) is 0 Å². The quantitative estimate of drug-likeness (QED) is 0.822. The second-order valence-electron chi connectivity index (χ2n) is 4.36. The first kappa shape index (κ1) is 13.0. The van der Waals surface area contributed by atoms with Crippen LogP contribution >= 0.6 is 0 Å². The summed E-state index contributed by atoms with van der Waals surface area (Å²) < 4.78 is 5.81. The van der Waals surface area contributed by atoms with Crippen LogP contribution in [-0.2, 0) is 0 Å². The smallest absolute Gasteiger partial charge is 0.122 e. The lowest BCUT2D eigenvalue weighted by Crippen LogP contribution is -2.39. The molecule has 0 saturated heterocycles. The molecular formula is C13H22N2O. The minimum atomic E-state index is 0.264. The van der Waals surface area contributed by atoms with Crippen molar-refractivity contribution in [1.82, 2.24) is 4.90 Å². The summed E-state index contributed by atoms with van der Waals surface area (Å²) in [4.78, 5) is 2.09. The van der Waals surface area contributed by atoms with Crippen molar-refractivity contribution < 1.29 is 4.74 Å². The van der Waals surface area contributed by atoms with Crippen LogP contribution in [-0.4, -0.2) is 38.2 Å². The van der Waals surface area contributed by atoms with E-state index < -0.39 is 0 Å². The van der Waals surface area contributed by atoms with Crippen molar-refractivity contribution in [2.45, 2.75) is 19.9 Å². The van der Waals surface area contributed by atoms with Gasteiger partial charge in [0, 0.05) is 6.54 Å². The molecule has 0 fully saturated rings. The first-order valence-electron chi connectivity index (χ1n) is 5.61. The molecule has 0 aliphatic heterocycles. The maximum atomic E-state index is 5.81. The van der Waals surface area contributed by atoms with Crippen molar-refractivity contribution >= 4 is 0 Å². The number of hydrogen-bond donors (Lipinski definition) is 1. The van der Waals surface area contributed by atoms with E-state index in [0.717, 1.165) is 5.75 Å². The predicted octanol–water partition coefficient (Wildman–Crippen LogP) is 1.57. The van der Waals surface area contributed by atoms with Gasteiger partial charge in [-0.3, -0.25) is 0 Å². The van der Waals surface area contributed by atoms with Crippen molar-refractivity contribution in [3.05, 3.63) is 29.3 Å². The van der Waals surface area contributed by atoms with Crippen LogP contribution in [0.2, 0.25) is 0 Å². The zero-order valence-electron chi connectivity index (χ0n) is 10.7. The molecule has 16 heavy (non-hydrogen) atoms. The van der Waals surface area contributed by atoms with E-state index >= 15 is 0 Å². The summed E-state index contributed by atoms with van der Waals surface area (Å²) in [6, 6.07) is 6.38. The number of aryl methyl sites for hydroxylation is 1. The molecule has 0 aromatic heterocycles. The Morgan fingerprint density at radius 3 is 2.56 bits per heavy atom. The zero-order chi connectivity index (χ0) is 12.1. The van der Waals surface area contributed by atoms with Crippen molar-refractivity contribution in [3.63, 3.8) is 0 Å². The second kappa shape index (κ2) is 5.87. The van der Waals surface area contributed by atoms with Gasteiger partial charge in [-0.1, -0.05) is 12.1 Å². The lowest BCUT2D eigenvalue weighted by Gasteiger charge is -2.23. The topological polar surface area (TPSA) is 38.5 Å². The van der Waals surface area contributed by atoms with Crippen LogP contribution in [0, 0.1) is 13.8 Å². The molecule has 0 bridgehead atoms. The first-order valence-corrected chi connectivity index (χ1v) is 5.61. The molecule has 0 amide bonds. The molecule has 90 valence electrons.